The molecule has 1 amide bonds. The minimum atomic E-state index is -0.309. The fourth-order valence-electron chi connectivity index (χ4n) is 1.54. The van der Waals surface area contributed by atoms with Crippen LogP contribution >= 0.6 is 0 Å². The van der Waals surface area contributed by atoms with Gasteiger partial charge in [0.05, 0.1) is 12.4 Å². The van der Waals surface area contributed by atoms with E-state index in [1.54, 1.807) is 12.4 Å². The third-order valence-corrected chi connectivity index (χ3v) is 2.67. The zero-order valence-electron chi connectivity index (χ0n) is 10.7. The van der Waals surface area contributed by atoms with Crippen molar-refractivity contribution in [1.29, 1.82) is 0 Å². The number of rotatable bonds is 6. The number of anilines is 2. The first-order valence-corrected chi connectivity index (χ1v) is 6.32. The lowest BCUT2D eigenvalue weighted by atomic mass is 10.3. The van der Waals surface area contributed by atoms with Crippen molar-refractivity contribution in [3.05, 3.63) is 12.4 Å². The van der Waals surface area contributed by atoms with E-state index < -0.39 is 0 Å². The van der Waals surface area contributed by atoms with E-state index in [1.807, 2.05) is 13.8 Å². The van der Waals surface area contributed by atoms with Gasteiger partial charge in [0.15, 0.2) is 0 Å². The SMILES string of the molecule is CCNc1cncc(NC(C)C(=O)NC2CC2)n1. The van der Waals surface area contributed by atoms with Crippen molar-refractivity contribution in [2.45, 2.75) is 38.8 Å². The summed E-state index contributed by atoms with van der Waals surface area (Å²) in [5, 5.41) is 9.07. The molecule has 1 heterocycles. The Morgan fingerprint density at radius 1 is 1.44 bits per heavy atom. The van der Waals surface area contributed by atoms with E-state index in [4.69, 9.17) is 0 Å². The number of hydrogen-bond acceptors (Lipinski definition) is 5. The van der Waals surface area contributed by atoms with Crippen molar-refractivity contribution in [3.63, 3.8) is 0 Å². The highest BCUT2D eigenvalue weighted by atomic mass is 16.2. The molecular weight excluding hydrogens is 230 g/mol. The normalized spacial score (nSPS) is 15.9. The molecule has 0 bridgehead atoms. The molecule has 1 aromatic rings. The second kappa shape index (κ2) is 5.66. The van der Waals surface area contributed by atoms with Crippen molar-refractivity contribution in [1.82, 2.24) is 15.3 Å². The summed E-state index contributed by atoms with van der Waals surface area (Å²) < 4.78 is 0. The van der Waals surface area contributed by atoms with Gasteiger partial charge in [0.2, 0.25) is 5.91 Å². The molecule has 18 heavy (non-hydrogen) atoms. The van der Waals surface area contributed by atoms with Gasteiger partial charge in [0.25, 0.3) is 0 Å². The van der Waals surface area contributed by atoms with Crippen LogP contribution < -0.4 is 16.0 Å². The van der Waals surface area contributed by atoms with Gasteiger partial charge in [-0.1, -0.05) is 0 Å². The lowest BCUT2D eigenvalue weighted by Crippen LogP contribution is -2.38. The molecule has 98 valence electrons. The van der Waals surface area contributed by atoms with Gasteiger partial charge < -0.3 is 16.0 Å². The molecule has 1 atom stereocenters. The van der Waals surface area contributed by atoms with Gasteiger partial charge in [-0.15, -0.1) is 0 Å². The molecule has 1 aliphatic carbocycles. The first kappa shape index (κ1) is 12.6. The topological polar surface area (TPSA) is 78.9 Å². The Labute approximate surface area is 107 Å². The summed E-state index contributed by atoms with van der Waals surface area (Å²) in [6.07, 6.45) is 5.45. The fraction of sp³-hybridized carbons (Fsp3) is 0.583. The van der Waals surface area contributed by atoms with Gasteiger partial charge in [0.1, 0.15) is 17.7 Å². The standard InChI is InChI=1S/C12H19N5O/c1-3-14-10-6-13-7-11(17-10)15-8(2)12(18)16-9-4-5-9/h6-9H,3-5H2,1-2H3,(H,16,18)(H2,14,15,17). The summed E-state index contributed by atoms with van der Waals surface area (Å²) in [6.45, 7) is 4.60. The summed E-state index contributed by atoms with van der Waals surface area (Å²) >= 11 is 0. The molecule has 6 heteroatoms. The first-order chi connectivity index (χ1) is 8.69. The molecule has 1 saturated carbocycles. The molecule has 0 spiro atoms. The average Bonchev–Trinajstić information content (AvgIpc) is 3.14. The Bertz CT molecular complexity index is 419. The number of aromatic nitrogens is 2. The predicted octanol–water partition coefficient (Wildman–Crippen LogP) is 0.987. The molecule has 0 radical (unpaired) electrons. The van der Waals surface area contributed by atoms with Gasteiger partial charge in [0, 0.05) is 12.6 Å². The Morgan fingerprint density at radius 2 is 2.17 bits per heavy atom. The first-order valence-electron chi connectivity index (χ1n) is 6.32. The van der Waals surface area contributed by atoms with Crippen molar-refractivity contribution < 1.29 is 4.79 Å². The second-order valence-corrected chi connectivity index (χ2v) is 4.47. The van der Waals surface area contributed by atoms with Crippen molar-refractivity contribution in [2.75, 3.05) is 17.2 Å². The summed E-state index contributed by atoms with van der Waals surface area (Å²) in [5.41, 5.74) is 0. The quantitative estimate of drug-likeness (QED) is 0.700. The molecule has 0 aliphatic heterocycles. The van der Waals surface area contributed by atoms with Crippen LogP contribution in [0.3, 0.4) is 0 Å². The number of hydrogen-bond donors (Lipinski definition) is 3. The van der Waals surface area contributed by atoms with Crippen LogP contribution in [0, 0.1) is 0 Å². The van der Waals surface area contributed by atoms with Crippen LogP contribution in [-0.2, 0) is 4.79 Å². The molecule has 1 aromatic heterocycles. The van der Waals surface area contributed by atoms with Gasteiger partial charge in [-0.05, 0) is 26.7 Å². The highest BCUT2D eigenvalue weighted by Crippen LogP contribution is 2.18. The molecule has 3 N–H and O–H groups in total. The van der Waals surface area contributed by atoms with Crippen molar-refractivity contribution in [3.8, 4) is 0 Å². The zero-order valence-corrected chi connectivity index (χ0v) is 10.7. The molecule has 0 saturated heterocycles. The fourth-order valence-corrected chi connectivity index (χ4v) is 1.54. The van der Waals surface area contributed by atoms with Crippen molar-refractivity contribution in [2.24, 2.45) is 0 Å². The Morgan fingerprint density at radius 3 is 2.83 bits per heavy atom. The molecule has 1 unspecified atom stereocenters. The molecule has 2 rings (SSSR count). The number of carbonyl (C=O) groups is 1. The number of nitrogens with zero attached hydrogens (tertiary/aromatic N) is 2. The monoisotopic (exact) mass is 249 g/mol. The van der Waals surface area contributed by atoms with Crippen LogP contribution in [0.4, 0.5) is 11.6 Å². The van der Waals surface area contributed by atoms with E-state index in [0.29, 0.717) is 17.7 Å². The average molecular weight is 249 g/mol. The van der Waals surface area contributed by atoms with Gasteiger partial charge >= 0.3 is 0 Å². The van der Waals surface area contributed by atoms with Gasteiger partial charge in [-0.3, -0.25) is 9.78 Å². The molecule has 0 aromatic carbocycles. The van der Waals surface area contributed by atoms with E-state index in [-0.39, 0.29) is 11.9 Å². The summed E-state index contributed by atoms with van der Waals surface area (Å²) in [7, 11) is 0. The van der Waals surface area contributed by atoms with Gasteiger partial charge in [-0.25, -0.2) is 4.98 Å². The van der Waals surface area contributed by atoms with Crippen LogP contribution in [0.15, 0.2) is 12.4 Å². The van der Waals surface area contributed by atoms with E-state index in [1.165, 1.54) is 0 Å². The van der Waals surface area contributed by atoms with Crippen molar-refractivity contribution >= 4 is 17.5 Å². The Hall–Kier alpha value is -1.85. The zero-order chi connectivity index (χ0) is 13.0. The highest BCUT2D eigenvalue weighted by Gasteiger charge is 2.25. The third-order valence-electron chi connectivity index (χ3n) is 2.67. The lowest BCUT2D eigenvalue weighted by Gasteiger charge is -2.14. The maximum atomic E-state index is 11.8. The maximum Gasteiger partial charge on any atom is 0.242 e. The lowest BCUT2D eigenvalue weighted by molar-refractivity contribution is -0.121. The minimum Gasteiger partial charge on any atom is -0.369 e. The van der Waals surface area contributed by atoms with E-state index in [9.17, 15) is 4.79 Å². The summed E-state index contributed by atoms with van der Waals surface area (Å²) in [5.74, 6) is 1.32. The molecule has 1 fully saturated rings. The van der Waals surface area contributed by atoms with Crippen LogP contribution in [0.25, 0.3) is 0 Å². The second-order valence-electron chi connectivity index (χ2n) is 4.47. The smallest absolute Gasteiger partial charge is 0.242 e. The third kappa shape index (κ3) is 3.58. The van der Waals surface area contributed by atoms with Crippen LogP contribution in [0.1, 0.15) is 26.7 Å². The Kier molecular flexibility index (Phi) is 3.96. The Balaban J connectivity index is 1.90. The summed E-state index contributed by atoms with van der Waals surface area (Å²) in [6, 6.07) is 0.0673. The minimum absolute atomic E-state index is 0.00755. The largest absolute Gasteiger partial charge is 0.369 e. The predicted molar refractivity (Wildman–Crippen MR) is 70.4 cm³/mol. The maximum absolute atomic E-state index is 11.8. The molecule has 1 aliphatic rings. The summed E-state index contributed by atoms with van der Waals surface area (Å²) in [4.78, 5) is 20.2. The van der Waals surface area contributed by atoms with E-state index in [2.05, 4.69) is 25.9 Å². The van der Waals surface area contributed by atoms with E-state index >= 15 is 0 Å². The number of nitrogens with one attached hydrogen (secondary N) is 3. The van der Waals surface area contributed by atoms with Gasteiger partial charge in [-0.2, -0.15) is 0 Å². The van der Waals surface area contributed by atoms with Crippen LogP contribution in [0.5, 0.6) is 0 Å². The van der Waals surface area contributed by atoms with E-state index in [0.717, 1.165) is 19.4 Å². The highest BCUT2D eigenvalue weighted by molar-refractivity contribution is 5.84. The number of carbonyl (C=O) groups excluding carboxylic acids is 1. The van der Waals surface area contributed by atoms with Crippen LogP contribution in [-0.4, -0.2) is 34.5 Å². The molecular formula is C12H19N5O. The van der Waals surface area contributed by atoms with Crippen LogP contribution in [0.2, 0.25) is 0 Å². The number of amides is 1. The molecule has 6 nitrogen and oxygen atoms in total.